The third kappa shape index (κ3) is 4.13. The second-order valence-electron chi connectivity index (χ2n) is 5.19. The van der Waals surface area contributed by atoms with Gasteiger partial charge in [-0.2, -0.15) is 0 Å². The average molecular weight is 306 g/mol. The number of ether oxygens (including phenoxy) is 2. The summed E-state index contributed by atoms with van der Waals surface area (Å²) in [7, 11) is 1.57. The molecule has 0 bridgehead atoms. The number of benzene rings is 1. The van der Waals surface area contributed by atoms with Crippen LogP contribution < -0.4 is 10.1 Å². The first-order valence-corrected chi connectivity index (χ1v) is 7.50. The molecule has 0 spiro atoms. The minimum Gasteiger partial charge on any atom is -0.497 e. The van der Waals surface area contributed by atoms with E-state index in [1.54, 1.807) is 43.2 Å². The number of nitrogens with zero attached hydrogens (tertiary/aromatic N) is 1. The highest BCUT2D eigenvalue weighted by molar-refractivity contribution is 5.94. The topological polar surface area (TPSA) is 67.9 Å². The lowest BCUT2D eigenvalue weighted by atomic mass is 10.0. The summed E-state index contributed by atoms with van der Waals surface area (Å²) in [5.41, 5.74) is 0.594. The van der Waals surface area contributed by atoms with E-state index in [1.165, 1.54) is 0 Å². The van der Waals surface area contributed by atoms with E-state index in [4.69, 9.17) is 9.47 Å². The van der Waals surface area contributed by atoms with Crippen molar-refractivity contribution in [2.75, 3.05) is 26.8 Å². The lowest BCUT2D eigenvalue weighted by Crippen LogP contribution is -2.49. The molecule has 1 aliphatic rings. The standard InChI is InChI=1S/C16H22N2O4/c1-3-22-16(20)17-13-7-5-9-18(11-13)15(19)12-6-4-8-14(10-12)21-2/h4,6,8,10,13H,3,5,7,9,11H2,1-2H3,(H,17,20). The van der Waals surface area contributed by atoms with E-state index in [2.05, 4.69) is 5.32 Å². The van der Waals surface area contributed by atoms with Crippen molar-refractivity contribution in [3.8, 4) is 5.75 Å². The molecule has 1 unspecified atom stereocenters. The number of nitrogens with one attached hydrogen (secondary N) is 1. The van der Waals surface area contributed by atoms with E-state index in [1.807, 2.05) is 0 Å². The van der Waals surface area contributed by atoms with Crippen LogP contribution in [0.4, 0.5) is 4.79 Å². The first-order chi connectivity index (χ1) is 10.6. The molecule has 1 fully saturated rings. The van der Waals surface area contributed by atoms with E-state index in [-0.39, 0.29) is 11.9 Å². The Balaban J connectivity index is 1.99. The molecule has 1 saturated heterocycles. The van der Waals surface area contributed by atoms with Crippen molar-refractivity contribution in [3.63, 3.8) is 0 Å². The lowest BCUT2D eigenvalue weighted by molar-refractivity contribution is 0.0686. The van der Waals surface area contributed by atoms with E-state index in [0.29, 0.717) is 31.0 Å². The van der Waals surface area contributed by atoms with Gasteiger partial charge in [0.1, 0.15) is 5.75 Å². The molecule has 1 atom stereocenters. The molecule has 120 valence electrons. The Morgan fingerprint density at radius 2 is 2.23 bits per heavy atom. The molecule has 0 aromatic heterocycles. The molecular weight excluding hydrogens is 284 g/mol. The number of carbonyl (C=O) groups is 2. The van der Waals surface area contributed by atoms with E-state index < -0.39 is 6.09 Å². The number of piperidine rings is 1. The fraction of sp³-hybridized carbons (Fsp3) is 0.500. The monoisotopic (exact) mass is 306 g/mol. The van der Waals surface area contributed by atoms with Crippen LogP contribution in [-0.2, 0) is 4.74 Å². The molecule has 0 saturated carbocycles. The Hall–Kier alpha value is -2.24. The van der Waals surface area contributed by atoms with Crippen molar-refractivity contribution in [1.82, 2.24) is 10.2 Å². The van der Waals surface area contributed by atoms with Gasteiger partial charge in [0.2, 0.25) is 0 Å². The van der Waals surface area contributed by atoms with E-state index in [0.717, 1.165) is 12.8 Å². The smallest absolute Gasteiger partial charge is 0.407 e. The molecule has 6 nitrogen and oxygen atoms in total. The molecule has 1 aromatic carbocycles. The van der Waals surface area contributed by atoms with Crippen molar-refractivity contribution in [2.24, 2.45) is 0 Å². The minimum absolute atomic E-state index is 0.0470. The average Bonchev–Trinajstić information content (AvgIpc) is 2.54. The predicted octanol–water partition coefficient (Wildman–Crippen LogP) is 2.05. The second-order valence-corrected chi connectivity index (χ2v) is 5.19. The van der Waals surface area contributed by atoms with Gasteiger partial charge in [0, 0.05) is 24.7 Å². The molecule has 6 heteroatoms. The van der Waals surface area contributed by atoms with Gasteiger partial charge in [-0.15, -0.1) is 0 Å². The second kappa shape index (κ2) is 7.68. The van der Waals surface area contributed by atoms with Crippen LogP contribution in [0.1, 0.15) is 30.1 Å². The zero-order valence-electron chi connectivity index (χ0n) is 13.0. The lowest BCUT2D eigenvalue weighted by Gasteiger charge is -2.33. The molecule has 1 aliphatic heterocycles. The number of rotatable bonds is 4. The van der Waals surface area contributed by atoms with Gasteiger partial charge in [-0.3, -0.25) is 4.79 Å². The largest absolute Gasteiger partial charge is 0.497 e. The molecule has 1 aromatic rings. The normalized spacial score (nSPS) is 17.7. The summed E-state index contributed by atoms with van der Waals surface area (Å²) in [6.07, 6.45) is 1.27. The third-order valence-electron chi connectivity index (χ3n) is 3.62. The number of hydrogen-bond acceptors (Lipinski definition) is 4. The van der Waals surface area contributed by atoms with Crippen LogP contribution in [0.5, 0.6) is 5.75 Å². The summed E-state index contributed by atoms with van der Waals surface area (Å²) in [4.78, 5) is 25.8. The van der Waals surface area contributed by atoms with Gasteiger partial charge >= 0.3 is 6.09 Å². The number of amides is 2. The summed E-state index contributed by atoms with van der Waals surface area (Å²) in [6, 6.07) is 7.03. The first kappa shape index (κ1) is 16.1. The van der Waals surface area contributed by atoms with Gasteiger partial charge in [0.25, 0.3) is 5.91 Å². The third-order valence-corrected chi connectivity index (χ3v) is 3.62. The predicted molar refractivity (Wildman–Crippen MR) is 82.1 cm³/mol. The zero-order valence-corrected chi connectivity index (χ0v) is 13.0. The summed E-state index contributed by atoms with van der Waals surface area (Å²) in [5.74, 6) is 0.610. The molecule has 1 heterocycles. The summed E-state index contributed by atoms with van der Waals surface area (Å²) in [5, 5.41) is 2.80. The van der Waals surface area contributed by atoms with Crippen LogP contribution in [0, 0.1) is 0 Å². The van der Waals surface area contributed by atoms with Gasteiger partial charge in [0.05, 0.1) is 13.7 Å². The highest BCUT2D eigenvalue weighted by Gasteiger charge is 2.25. The molecule has 2 rings (SSSR count). The molecule has 2 amide bonds. The molecular formula is C16H22N2O4. The maximum atomic E-state index is 12.6. The Morgan fingerprint density at radius 3 is 2.95 bits per heavy atom. The van der Waals surface area contributed by atoms with Crippen LogP contribution in [-0.4, -0.2) is 49.7 Å². The van der Waals surface area contributed by atoms with Crippen LogP contribution in [0.25, 0.3) is 0 Å². The maximum Gasteiger partial charge on any atom is 0.407 e. The molecule has 0 aliphatic carbocycles. The van der Waals surface area contributed by atoms with Crippen molar-refractivity contribution in [2.45, 2.75) is 25.8 Å². The summed E-state index contributed by atoms with van der Waals surface area (Å²) >= 11 is 0. The van der Waals surface area contributed by atoms with Crippen molar-refractivity contribution in [3.05, 3.63) is 29.8 Å². The quantitative estimate of drug-likeness (QED) is 0.924. The SMILES string of the molecule is CCOC(=O)NC1CCCN(C(=O)c2cccc(OC)c2)C1. The molecule has 1 N–H and O–H groups in total. The van der Waals surface area contributed by atoms with Gasteiger partial charge in [-0.1, -0.05) is 6.07 Å². The van der Waals surface area contributed by atoms with Crippen molar-refractivity contribution >= 4 is 12.0 Å². The van der Waals surface area contributed by atoms with Crippen molar-refractivity contribution in [1.29, 1.82) is 0 Å². The Kier molecular flexibility index (Phi) is 5.63. The van der Waals surface area contributed by atoms with E-state index in [9.17, 15) is 9.59 Å². The Bertz CT molecular complexity index is 533. The fourth-order valence-electron chi connectivity index (χ4n) is 2.56. The van der Waals surface area contributed by atoms with Gasteiger partial charge < -0.3 is 19.7 Å². The maximum absolute atomic E-state index is 12.6. The summed E-state index contributed by atoms with van der Waals surface area (Å²) < 4.78 is 10.0. The van der Waals surface area contributed by atoms with Gasteiger partial charge in [-0.05, 0) is 38.0 Å². The number of carbonyl (C=O) groups excluding carboxylic acids is 2. The molecule has 22 heavy (non-hydrogen) atoms. The van der Waals surface area contributed by atoms with Crippen LogP contribution in [0.2, 0.25) is 0 Å². The zero-order chi connectivity index (χ0) is 15.9. The van der Waals surface area contributed by atoms with Crippen molar-refractivity contribution < 1.29 is 19.1 Å². The van der Waals surface area contributed by atoms with Crippen LogP contribution in [0.3, 0.4) is 0 Å². The van der Waals surface area contributed by atoms with Crippen LogP contribution in [0.15, 0.2) is 24.3 Å². The Morgan fingerprint density at radius 1 is 1.41 bits per heavy atom. The number of alkyl carbamates (subject to hydrolysis) is 1. The minimum atomic E-state index is -0.428. The van der Waals surface area contributed by atoms with Gasteiger partial charge in [0.15, 0.2) is 0 Å². The number of likely N-dealkylation sites (tertiary alicyclic amines) is 1. The fourth-order valence-corrected chi connectivity index (χ4v) is 2.56. The first-order valence-electron chi connectivity index (χ1n) is 7.50. The molecule has 0 radical (unpaired) electrons. The highest BCUT2D eigenvalue weighted by atomic mass is 16.5. The number of hydrogen-bond donors (Lipinski definition) is 1. The van der Waals surface area contributed by atoms with E-state index >= 15 is 0 Å². The van der Waals surface area contributed by atoms with Gasteiger partial charge in [-0.25, -0.2) is 4.79 Å². The summed E-state index contributed by atoms with van der Waals surface area (Å²) in [6.45, 7) is 3.29. The Labute approximate surface area is 130 Å². The highest BCUT2D eigenvalue weighted by Crippen LogP contribution is 2.17. The number of methoxy groups -OCH3 is 1. The van der Waals surface area contributed by atoms with Crippen LogP contribution >= 0.6 is 0 Å².